The van der Waals surface area contributed by atoms with Gasteiger partial charge >= 0.3 is 0 Å². The number of hydrogen-bond donors (Lipinski definition) is 1. The van der Waals surface area contributed by atoms with Crippen molar-refractivity contribution in [3.8, 4) is 22.9 Å². The zero-order valence-corrected chi connectivity index (χ0v) is 14.9. The molecule has 0 spiro atoms. The maximum atomic E-state index is 6.14. The first kappa shape index (κ1) is 16.9. The summed E-state index contributed by atoms with van der Waals surface area (Å²) < 4.78 is 17.1. The summed E-state index contributed by atoms with van der Waals surface area (Å²) in [5, 5.41) is 0. The third-order valence-electron chi connectivity index (χ3n) is 4.60. The Morgan fingerprint density at radius 2 is 1.96 bits per heavy atom. The van der Waals surface area contributed by atoms with Gasteiger partial charge in [0.05, 0.1) is 36.9 Å². The van der Waals surface area contributed by atoms with Crippen LogP contribution in [-0.2, 0) is 4.74 Å². The SMILES string of the molecule is COc1cccc(-c2nc3ccccc3[nH]2)c1OCCN1CCOCC1. The highest BCUT2D eigenvalue weighted by atomic mass is 16.5. The van der Waals surface area contributed by atoms with Crippen molar-refractivity contribution in [3.63, 3.8) is 0 Å². The van der Waals surface area contributed by atoms with Crippen LogP contribution in [0, 0.1) is 0 Å². The molecule has 1 aliphatic rings. The van der Waals surface area contributed by atoms with Gasteiger partial charge < -0.3 is 19.2 Å². The summed E-state index contributed by atoms with van der Waals surface area (Å²) >= 11 is 0. The number of aromatic amines is 1. The second-order valence-corrected chi connectivity index (χ2v) is 6.24. The van der Waals surface area contributed by atoms with Gasteiger partial charge in [-0.3, -0.25) is 4.90 Å². The van der Waals surface area contributed by atoms with Gasteiger partial charge in [-0.2, -0.15) is 0 Å². The molecule has 1 aliphatic heterocycles. The van der Waals surface area contributed by atoms with Gasteiger partial charge in [0.1, 0.15) is 12.4 Å². The van der Waals surface area contributed by atoms with E-state index in [1.807, 2.05) is 42.5 Å². The van der Waals surface area contributed by atoms with Crippen LogP contribution in [0.3, 0.4) is 0 Å². The first-order chi connectivity index (χ1) is 12.8. The van der Waals surface area contributed by atoms with Crippen molar-refractivity contribution in [2.24, 2.45) is 0 Å². The van der Waals surface area contributed by atoms with Crippen LogP contribution in [0.1, 0.15) is 0 Å². The molecule has 6 nitrogen and oxygen atoms in total. The molecule has 1 N–H and O–H groups in total. The number of nitrogens with one attached hydrogen (secondary N) is 1. The predicted molar refractivity (Wildman–Crippen MR) is 101 cm³/mol. The highest BCUT2D eigenvalue weighted by Crippen LogP contribution is 2.37. The zero-order valence-electron chi connectivity index (χ0n) is 14.9. The molecule has 0 atom stereocenters. The van der Waals surface area contributed by atoms with Gasteiger partial charge in [0.2, 0.25) is 0 Å². The Labute approximate surface area is 152 Å². The number of benzene rings is 2. The van der Waals surface area contributed by atoms with E-state index in [-0.39, 0.29) is 0 Å². The fraction of sp³-hybridized carbons (Fsp3) is 0.350. The van der Waals surface area contributed by atoms with Crippen molar-refractivity contribution in [2.75, 3.05) is 46.6 Å². The number of hydrogen-bond acceptors (Lipinski definition) is 5. The van der Waals surface area contributed by atoms with E-state index in [4.69, 9.17) is 19.2 Å². The van der Waals surface area contributed by atoms with Crippen LogP contribution < -0.4 is 9.47 Å². The number of morpholine rings is 1. The minimum Gasteiger partial charge on any atom is -0.493 e. The summed E-state index contributed by atoms with van der Waals surface area (Å²) in [6.45, 7) is 4.93. The monoisotopic (exact) mass is 353 g/mol. The molecule has 2 aromatic carbocycles. The molecular weight excluding hydrogens is 330 g/mol. The van der Waals surface area contributed by atoms with Gasteiger partial charge in [-0.15, -0.1) is 0 Å². The van der Waals surface area contributed by atoms with Crippen molar-refractivity contribution in [1.29, 1.82) is 0 Å². The normalized spacial score (nSPS) is 15.3. The molecule has 2 heterocycles. The first-order valence-electron chi connectivity index (χ1n) is 8.90. The number of fused-ring (bicyclic) bond motifs is 1. The largest absolute Gasteiger partial charge is 0.493 e. The van der Waals surface area contributed by atoms with Gasteiger partial charge in [0, 0.05) is 19.6 Å². The van der Waals surface area contributed by atoms with Gasteiger partial charge in [0.15, 0.2) is 11.5 Å². The fourth-order valence-electron chi connectivity index (χ4n) is 3.19. The molecule has 0 radical (unpaired) electrons. The average Bonchev–Trinajstić information content (AvgIpc) is 3.13. The van der Waals surface area contributed by atoms with Crippen molar-refractivity contribution in [3.05, 3.63) is 42.5 Å². The number of imidazole rings is 1. The second kappa shape index (κ2) is 7.76. The van der Waals surface area contributed by atoms with E-state index in [0.29, 0.717) is 12.4 Å². The lowest BCUT2D eigenvalue weighted by Gasteiger charge is -2.26. The first-order valence-corrected chi connectivity index (χ1v) is 8.90. The summed E-state index contributed by atoms with van der Waals surface area (Å²) in [5.41, 5.74) is 2.84. The second-order valence-electron chi connectivity index (χ2n) is 6.24. The standard InChI is InChI=1S/C20H23N3O3/c1-24-18-8-4-5-15(20-21-16-6-2-3-7-17(16)22-20)19(18)26-14-11-23-9-12-25-13-10-23/h2-8H,9-14H2,1H3,(H,21,22). The van der Waals surface area contributed by atoms with Crippen molar-refractivity contribution >= 4 is 11.0 Å². The highest BCUT2D eigenvalue weighted by Gasteiger charge is 2.17. The topological polar surface area (TPSA) is 59.6 Å². The van der Waals surface area contributed by atoms with Gasteiger partial charge in [-0.25, -0.2) is 4.98 Å². The molecule has 0 bridgehead atoms. The molecule has 0 unspecified atom stereocenters. The number of H-pyrrole nitrogens is 1. The van der Waals surface area contributed by atoms with Crippen LogP contribution in [0.2, 0.25) is 0 Å². The lowest BCUT2D eigenvalue weighted by atomic mass is 10.1. The molecule has 136 valence electrons. The number of methoxy groups -OCH3 is 1. The van der Waals surface area contributed by atoms with Crippen LogP contribution >= 0.6 is 0 Å². The lowest BCUT2D eigenvalue weighted by Crippen LogP contribution is -2.38. The number of para-hydroxylation sites is 3. The molecule has 0 amide bonds. The van der Waals surface area contributed by atoms with Crippen LogP contribution in [0.25, 0.3) is 22.4 Å². The Morgan fingerprint density at radius 3 is 2.77 bits per heavy atom. The lowest BCUT2D eigenvalue weighted by molar-refractivity contribution is 0.0321. The molecular formula is C20H23N3O3. The summed E-state index contributed by atoms with van der Waals surface area (Å²) in [6, 6.07) is 13.9. The van der Waals surface area contributed by atoms with E-state index >= 15 is 0 Å². The van der Waals surface area contributed by atoms with Gasteiger partial charge in [-0.1, -0.05) is 18.2 Å². The molecule has 1 saturated heterocycles. The maximum Gasteiger partial charge on any atom is 0.172 e. The average molecular weight is 353 g/mol. The van der Waals surface area contributed by atoms with Gasteiger partial charge in [-0.05, 0) is 24.3 Å². The molecule has 3 aromatic rings. The summed E-state index contributed by atoms with van der Waals surface area (Å²) in [5.74, 6) is 2.22. The number of ether oxygens (including phenoxy) is 3. The number of nitrogens with zero attached hydrogens (tertiary/aromatic N) is 2. The Hall–Kier alpha value is -2.57. The molecule has 26 heavy (non-hydrogen) atoms. The highest BCUT2D eigenvalue weighted by molar-refractivity contribution is 5.81. The third kappa shape index (κ3) is 3.52. The molecule has 0 saturated carbocycles. The molecule has 1 fully saturated rings. The van der Waals surface area contributed by atoms with E-state index < -0.39 is 0 Å². The van der Waals surface area contributed by atoms with Crippen LogP contribution in [0.5, 0.6) is 11.5 Å². The van der Waals surface area contributed by atoms with Crippen LogP contribution in [-0.4, -0.2) is 61.4 Å². The van der Waals surface area contributed by atoms with Crippen molar-refractivity contribution in [2.45, 2.75) is 0 Å². The summed E-state index contributed by atoms with van der Waals surface area (Å²) in [4.78, 5) is 10.4. The summed E-state index contributed by atoms with van der Waals surface area (Å²) in [6.07, 6.45) is 0. The Bertz CT molecular complexity index is 839. The fourth-order valence-corrected chi connectivity index (χ4v) is 3.19. The zero-order chi connectivity index (χ0) is 17.8. The predicted octanol–water partition coefficient (Wildman–Crippen LogP) is 2.95. The van der Waals surface area contributed by atoms with Crippen LogP contribution in [0.15, 0.2) is 42.5 Å². The molecule has 6 heteroatoms. The quantitative estimate of drug-likeness (QED) is 0.738. The molecule has 0 aliphatic carbocycles. The number of aromatic nitrogens is 2. The summed E-state index contributed by atoms with van der Waals surface area (Å²) in [7, 11) is 1.66. The maximum absolute atomic E-state index is 6.14. The Kier molecular flexibility index (Phi) is 5.04. The molecule has 1 aromatic heterocycles. The third-order valence-corrected chi connectivity index (χ3v) is 4.60. The Morgan fingerprint density at radius 1 is 1.12 bits per heavy atom. The van der Waals surface area contributed by atoms with Crippen LogP contribution in [0.4, 0.5) is 0 Å². The number of rotatable bonds is 6. The van der Waals surface area contributed by atoms with E-state index in [1.165, 1.54) is 0 Å². The van der Waals surface area contributed by atoms with Gasteiger partial charge in [0.25, 0.3) is 0 Å². The molecule has 4 rings (SSSR count). The van der Waals surface area contributed by atoms with E-state index in [9.17, 15) is 0 Å². The minimum absolute atomic E-state index is 0.591. The van der Waals surface area contributed by atoms with Crippen molar-refractivity contribution in [1.82, 2.24) is 14.9 Å². The smallest absolute Gasteiger partial charge is 0.172 e. The van der Waals surface area contributed by atoms with E-state index in [0.717, 1.165) is 61.0 Å². The van der Waals surface area contributed by atoms with Crippen molar-refractivity contribution < 1.29 is 14.2 Å². The minimum atomic E-state index is 0.591. The van der Waals surface area contributed by atoms with E-state index in [1.54, 1.807) is 7.11 Å². The Balaban J connectivity index is 1.58. The van der Waals surface area contributed by atoms with E-state index in [2.05, 4.69) is 9.88 Å².